The van der Waals surface area contributed by atoms with Crippen molar-refractivity contribution < 1.29 is 27.7 Å². The Bertz CT molecular complexity index is 1430. The maximum absolute atomic E-state index is 14.0. The lowest BCUT2D eigenvalue weighted by molar-refractivity contribution is -0.146. The molecule has 0 bridgehead atoms. The predicted octanol–water partition coefficient (Wildman–Crippen LogP) is 6.94. The number of halogens is 5. The van der Waals surface area contributed by atoms with Gasteiger partial charge in [-0.2, -0.15) is 8.78 Å². The SMILES string of the molecule is CN(CC(CCN1CCC2(CC1)c1ccccc1C[S@@]2=O)(CN(C(=O)O)C(C)(C)C)c1ccc(Cl)c(Cl)c1)C(=O)C(F)(F)Cl. The van der Waals surface area contributed by atoms with Crippen LogP contribution in [0, 0.1) is 0 Å². The summed E-state index contributed by atoms with van der Waals surface area (Å²) in [5.74, 6) is -1.05. The highest BCUT2D eigenvalue weighted by Crippen LogP contribution is 2.47. The van der Waals surface area contributed by atoms with Crippen LogP contribution in [0.5, 0.6) is 0 Å². The third-order valence-corrected chi connectivity index (χ3v) is 11.9. The molecule has 2 aromatic carbocycles. The molecule has 13 heteroatoms. The molecule has 2 heterocycles. The predicted molar refractivity (Wildman–Crippen MR) is 171 cm³/mol. The molecule has 2 aromatic rings. The van der Waals surface area contributed by atoms with Crippen LogP contribution in [-0.2, 0) is 31.5 Å². The summed E-state index contributed by atoms with van der Waals surface area (Å²) in [6.45, 7) is 6.60. The van der Waals surface area contributed by atoms with Gasteiger partial charge in [-0.3, -0.25) is 9.00 Å². The van der Waals surface area contributed by atoms with Crippen LogP contribution in [0.1, 0.15) is 56.7 Å². The number of piperidine rings is 1. The number of hydrogen-bond donors (Lipinski definition) is 1. The van der Waals surface area contributed by atoms with Crippen molar-refractivity contribution in [3.63, 3.8) is 0 Å². The van der Waals surface area contributed by atoms with Gasteiger partial charge < -0.3 is 19.8 Å². The van der Waals surface area contributed by atoms with E-state index < -0.39 is 43.9 Å². The molecule has 1 saturated heterocycles. The zero-order chi connectivity index (χ0) is 32.7. The first-order valence-corrected chi connectivity index (χ1v) is 16.8. The van der Waals surface area contributed by atoms with E-state index in [-0.39, 0.29) is 23.1 Å². The van der Waals surface area contributed by atoms with Crippen molar-refractivity contribution in [1.82, 2.24) is 14.7 Å². The molecule has 0 saturated carbocycles. The summed E-state index contributed by atoms with van der Waals surface area (Å²) in [6, 6.07) is 12.9. The third-order valence-electron chi connectivity index (χ3n) is 8.96. The van der Waals surface area contributed by atoms with Crippen LogP contribution >= 0.6 is 34.8 Å². The number of carbonyl (C=O) groups is 2. The maximum atomic E-state index is 14.0. The lowest BCUT2D eigenvalue weighted by atomic mass is 9.75. The van der Waals surface area contributed by atoms with E-state index in [0.29, 0.717) is 50.2 Å². The summed E-state index contributed by atoms with van der Waals surface area (Å²) in [6.07, 6.45) is 0.483. The van der Waals surface area contributed by atoms with Gasteiger partial charge in [0.2, 0.25) is 0 Å². The third kappa shape index (κ3) is 7.20. The number of fused-ring (bicyclic) bond motifs is 2. The van der Waals surface area contributed by atoms with Crippen LogP contribution in [0.15, 0.2) is 42.5 Å². The van der Waals surface area contributed by atoms with Crippen LogP contribution in [0.25, 0.3) is 0 Å². The van der Waals surface area contributed by atoms with Crippen molar-refractivity contribution >= 4 is 57.6 Å². The molecule has 2 atom stereocenters. The van der Waals surface area contributed by atoms with Crippen LogP contribution in [0.4, 0.5) is 13.6 Å². The van der Waals surface area contributed by atoms with Gasteiger partial charge in [-0.25, -0.2) is 4.79 Å². The first-order valence-electron chi connectivity index (χ1n) is 14.4. The van der Waals surface area contributed by atoms with Gasteiger partial charge in [0, 0.05) is 47.6 Å². The van der Waals surface area contributed by atoms with E-state index in [0.717, 1.165) is 16.0 Å². The smallest absolute Gasteiger partial charge is 0.407 e. The number of carbonyl (C=O) groups excluding carboxylic acids is 1. The molecule has 2 aliphatic rings. The van der Waals surface area contributed by atoms with E-state index in [9.17, 15) is 27.7 Å². The normalized spacial score (nSPS) is 19.8. The van der Waals surface area contributed by atoms with Crippen LogP contribution in [-0.4, -0.2) is 86.7 Å². The first kappa shape index (κ1) is 34.9. The quantitative estimate of drug-likeness (QED) is 0.288. The Morgan fingerprint density at radius 3 is 2.25 bits per heavy atom. The zero-order valence-electron chi connectivity index (χ0n) is 25.2. The molecule has 4 rings (SSSR count). The maximum Gasteiger partial charge on any atom is 0.407 e. The summed E-state index contributed by atoms with van der Waals surface area (Å²) in [4.78, 5) is 29.5. The van der Waals surface area contributed by atoms with E-state index in [1.165, 1.54) is 11.9 Å². The number of alkyl halides is 3. The van der Waals surface area contributed by atoms with Crippen molar-refractivity contribution in [1.29, 1.82) is 0 Å². The molecule has 0 aromatic heterocycles. The molecular weight excluding hydrogens is 655 g/mol. The molecule has 242 valence electrons. The van der Waals surface area contributed by atoms with Crippen LogP contribution in [0.2, 0.25) is 10.0 Å². The Kier molecular flexibility index (Phi) is 10.3. The monoisotopic (exact) mass is 691 g/mol. The first-order chi connectivity index (χ1) is 20.4. The number of carboxylic acid groups (broad SMARTS) is 1. The van der Waals surface area contributed by atoms with Crippen molar-refractivity contribution in [2.75, 3.05) is 39.8 Å². The van der Waals surface area contributed by atoms with Gasteiger partial charge in [-0.05, 0) is 100 Å². The summed E-state index contributed by atoms with van der Waals surface area (Å²) in [5, 5.41) is 6.60. The molecular formula is C31H38Cl3F2N3O4S. The molecule has 7 nitrogen and oxygen atoms in total. The average molecular weight is 693 g/mol. The summed E-state index contributed by atoms with van der Waals surface area (Å²) >= 11 is 17.8. The molecule has 1 unspecified atom stereocenters. The van der Waals surface area contributed by atoms with Gasteiger partial charge in [0.25, 0.3) is 0 Å². The number of nitrogens with zero attached hydrogens (tertiary/aromatic N) is 3. The Morgan fingerprint density at radius 2 is 1.68 bits per heavy atom. The highest BCUT2D eigenvalue weighted by Gasteiger charge is 2.48. The number of benzene rings is 2. The van der Waals surface area contributed by atoms with E-state index in [2.05, 4.69) is 11.0 Å². The van der Waals surface area contributed by atoms with Gasteiger partial charge in [-0.1, -0.05) is 53.5 Å². The Labute approximate surface area is 274 Å². The fourth-order valence-corrected chi connectivity index (χ4v) is 8.83. The van der Waals surface area contributed by atoms with Crippen LogP contribution < -0.4 is 0 Å². The van der Waals surface area contributed by atoms with Gasteiger partial charge in [0.15, 0.2) is 0 Å². The molecule has 2 amide bonds. The average Bonchev–Trinajstić information content (AvgIpc) is 3.21. The number of amides is 2. The number of rotatable bonds is 9. The van der Waals surface area contributed by atoms with Crippen molar-refractivity contribution in [2.45, 2.75) is 66.9 Å². The Balaban J connectivity index is 1.69. The van der Waals surface area contributed by atoms with E-state index in [1.807, 2.05) is 18.2 Å². The second kappa shape index (κ2) is 13.0. The second-order valence-electron chi connectivity index (χ2n) is 12.8. The highest BCUT2D eigenvalue weighted by molar-refractivity contribution is 7.85. The molecule has 0 aliphatic carbocycles. The van der Waals surface area contributed by atoms with Crippen LogP contribution in [0.3, 0.4) is 0 Å². The molecule has 1 spiro atoms. The van der Waals surface area contributed by atoms with Crippen molar-refractivity contribution in [2.24, 2.45) is 0 Å². The fraction of sp³-hybridized carbons (Fsp3) is 0.548. The van der Waals surface area contributed by atoms with Gasteiger partial charge in [-0.15, -0.1) is 0 Å². The van der Waals surface area contributed by atoms with Gasteiger partial charge >= 0.3 is 17.4 Å². The number of likely N-dealkylation sites (tertiary alicyclic amines) is 1. The van der Waals surface area contributed by atoms with Gasteiger partial charge in [0.05, 0.1) is 14.8 Å². The summed E-state index contributed by atoms with van der Waals surface area (Å²) < 4.78 is 40.9. The fourth-order valence-electron chi connectivity index (χ4n) is 6.50. The Morgan fingerprint density at radius 1 is 1.05 bits per heavy atom. The Hall–Kier alpha value is -1.98. The molecule has 1 fully saturated rings. The van der Waals surface area contributed by atoms with Crippen molar-refractivity contribution in [3.8, 4) is 0 Å². The largest absolute Gasteiger partial charge is 0.465 e. The lowest BCUT2D eigenvalue weighted by Crippen LogP contribution is -2.57. The van der Waals surface area contributed by atoms with Crippen molar-refractivity contribution in [3.05, 3.63) is 69.2 Å². The minimum Gasteiger partial charge on any atom is -0.465 e. The number of hydrogen-bond acceptors (Lipinski definition) is 4. The number of likely N-dealkylation sites (N-methyl/N-ethyl adjacent to an activating group) is 1. The van der Waals surface area contributed by atoms with E-state index >= 15 is 0 Å². The second-order valence-corrected chi connectivity index (χ2v) is 15.9. The minimum absolute atomic E-state index is 0.121. The lowest BCUT2D eigenvalue weighted by Gasteiger charge is -2.46. The standard InChI is InChI=1S/C31H38Cl3F2N3O4S/c1-28(2,3)39(27(41)42)20-29(19-37(4)26(40)31(34,35)36,22-9-10-24(32)25(33)17-22)11-14-38-15-12-30(13-16-38)23-8-6-5-7-21(23)18-44(30)43/h5-10,17H,11-16,18-20H2,1-4H3,(H,41,42)/t29?,44-/m0/s1. The van der Waals surface area contributed by atoms with Gasteiger partial charge in [0.1, 0.15) is 0 Å². The topological polar surface area (TPSA) is 81.2 Å². The van der Waals surface area contributed by atoms with E-state index in [1.54, 1.807) is 39.0 Å². The zero-order valence-corrected chi connectivity index (χ0v) is 28.3. The minimum atomic E-state index is -4.14. The summed E-state index contributed by atoms with van der Waals surface area (Å²) in [5.41, 5.74) is 0.790. The van der Waals surface area contributed by atoms with E-state index in [4.69, 9.17) is 34.8 Å². The molecule has 44 heavy (non-hydrogen) atoms. The molecule has 1 N–H and O–H groups in total. The molecule has 0 radical (unpaired) electrons. The molecule has 2 aliphatic heterocycles. The highest BCUT2D eigenvalue weighted by atomic mass is 35.5. The summed E-state index contributed by atoms with van der Waals surface area (Å²) in [7, 11) is 0.194.